The lowest BCUT2D eigenvalue weighted by molar-refractivity contribution is -0.140. The Balaban J connectivity index is 1.61. The van der Waals surface area contributed by atoms with Gasteiger partial charge in [0, 0.05) is 6.54 Å². The van der Waals surface area contributed by atoms with Crippen LogP contribution in [0.5, 0.6) is 0 Å². The number of amides is 2. The average molecular weight is 396 g/mol. The molecule has 142 valence electrons. The fraction of sp³-hybridized carbons (Fsp3) is 0.412. The third-order valence-corrected chi connectivity index (χ3v) is 5.82. The predicted molar refractivity (Wildman–Crippen MR) is 90.8 cm³/mol. The summed E-state index contributed by atoms with van der Waals surface area (Å²) in [6.07, 6.45) is -3.46. The molecule has 6 nitrogen and oxygen atoms in total. The number of nitrogens with zero attached hydrogens (tertiary/aromatic N) is 4. The van der Waals surface area contributed by atoms with Crippen molar-refractivity contribution in [2.24, 2.45) is 5.92 Å². The van der Waals surface area contributed by atoms with Gasteiger partial charge in [0.25, 0.3) is 5.91 Å². The Hall–Kier alpha value is -2.49. The first-order chi connectivity index (χ1) is 12.9. The number of imide groups is 1. The van der Waals surface area contributed by atoms with Gasteiger partial charge >= 0.3 is 6.18 Å². The van der Waals surface area contributed by atoms with Gasteiger partial charge in [0.05, 0.1) is 12.5 Å². The van der Waals surface area contributed by atoms with E-state index in [4.69, 9.17) is 0 Å². The second-order valence-corrected chi connectivity index (χ2v) is 7.48. The highest BCUT2D eigenvalue weighted by Gasteiger charge is 2.52. The van der Waals surface area contributed by atoms with E-state index in [1.54, 1.807) is 0 Å². The van der Waals surface area contributed by atoms with E-state index < -0.39 is 29.1 Å². The minimum absolute atomic E-state index is 0.0275. The smallest absolute Gasteiger partial charge is 0.334 e. The highest BCUT2D eigenvalue weighted by molar-refractivity contribution is 7.15. The van der Waals surface area contributed by atoms with E-state index in [1.807, 2.05) is 30.3 Å². The molecule has 0 spiro atoms. The third-order valence-electron chi connectivity index (χ3n) is 4.82. The number of anilines is 1. The van der Waals surface area contributed by atoms with Gasteiger partial charge in [-0.15, -0.1) is 10.2 Å². The second-order valence-electron chi connectivity index (χ2n) is 6.52. The van der Waals surface area contributed by atoms with E-state index >= 15 is 0 Å². The van der Waals surface area contributed by atoms with Gasteiger partial charge in [-0.25, -0.2) is 0 Å². The first-order valence-corrected chi connectivity index (χ1v) is 9.24. The summed E-state index contributed by atoms with van der Waals surface area (Å²) in [7, 11) is 0. The number of piperidine rings is 1. The normalized spacial score (nSPS) is 23.1. The van der Waals surface area contributed by atoms with E-state index in [-0.39, 0.29) is 17.6 Å². The summed E-state index contributed by atoms with van der Waals surface area (Å²) >= 11 is 0.400. The molecule has 0 bridgehead atoms. The zero-order valence-electron chi connectivity index (χ0n) is 14.0. The van der Waals surface area contributed by atoms with Gasteiger partial charge in [-0.05, 0) is 18.4 Å². The molecule has 0 saturated carbocycles. The lowest BCUT2D eigenvalue weighted by Crippen LogP contribution is -2.48. The Labute approximate surface area is 156 Å². The summed E-state index contributed by atoms with van der Waals surface area (Å²) in [5.41, 5.74) is 0.819. The number of fused-ring (bicyclic) bond motifs is 1. The molecule has 4 rings (SSSR count). The molecule has 1 aromatic carbocycles. The van der Waals surface area contributed by atoms with Gasteiger partial charge in [-0.3, -0.25) is 14.5 Å². The molecule has 1 aromatic heterocycles. The van der Waals surface area contributed by atoms with Crippen LogP contribution in [0.4, 0.5) is 18.3 Å². The minimum Gasteiger partial charge on any atom is -0.334 e. The van der Waals surface area contributed by atoms with Crippen molar-refractivity contribution in [3.63, 3.8) is 0 Å². The molecule has 2 aliphatic rings. The van der Waals surface area contributed by atoms with Gasteiger partial charge in [-0.1, -0.05) is 41.7 Å². The molecule has 2 atom stereocenters. The van der Waals surface area contributed by atoms with E-state index in [0.29, 0.717) is 30.7 Å². The molecule has 10 heteroatoms. The highest BCUT2D eigenvalue weighted by atomic mass is 32.1. The largest absolute Gasteiger partial charge is 0.445 e. The van der Waals surface area contributed by atoms with Crippen LogP contribution in [-0.2, 0) is 22.3 Å². The van der Waals surface area contributed by atoms with Crippen LogP contribution >= 0.6 is 11.3 Å². The van der Waals surface area contributed by atoms with Crippen molar-refractivity contribution in [1.82, 2.24) is 15.1 Å². The van der Waals surface area contributed by atoms with E-state index in [2.05, 4.69) is 10.2 Å². The van der Waals surface area contributed by atoms with Crippen molar-refractivity contribution in [3.8, 4) is 0 Å². The Morgan fingerprint density at radius 3 is 2.52 bits per heavy atom. The number of carbonyl (C=O) groups excluding carboxylic acids is 2. The van der Waals surface area contributed by atoms with Gasteiger partial charge in [0.1, 0.15) is 6.04 Å². The van der Waals surface area contributed by atoms with Crippen LogP contribution in [0.15, 0.2) is 30.3 Å². The molecule has 2 aromatic rings. The minimum atomic E-state index is -4.58. The molecule has 27 heavy (non-hydrogen) atoms. The summed E-state index contributed by atoms with van der Waals surface area (Å²) in [4.78, 5) is 28.4. The second kappa shape index (κ2) is 6.59. The standard InChI is InChI=1S/C17H15F3N4O2S/c18-17(19,20)15-21-22-16(27-15)23-8-4-7-11-12(23)14(26)24(13(11)25)9-10-5-2-1-3-6-10/h1-3,5-6,11-12H,4,7-9H2/t11-,12+/m1/s1. The molecule has 0 aliphatic carbocycles. The van der Waals surface area contributed by atoms with Crippen molar-refractivity contribution in [2.75, 3.05) is 11.4 Å². The number of benzene rings is 1. The fourth-order valence-electron chi connectivity index (χ4n) is 3.61. The maximum absolute atomic E-state index is 12.9. The number of carbonyl (C=O) groups is 2. The van der Waals surface area contributed by atoms with E-state index in [0.717, 1.165) is 5.56 Å². The highest BCUT2D eigenvalue weighted by Crippen LogP contribution is 2.40. The van der Waals surface area contributed by atoms with Crippen LogP contribution < -0.4 is 4.90 Å². The van der Waals surface area contributed by atoms with E-state index in [1.165, 1.54) is 9.80 Å². The molecule has 3 heterocycles. The fourth-order valence-corrected chi connectivity index (χ4v) is 4.38. The molecule has 0 radical (unpaired) electrons. The van der Waals surface area contributed by atoms with Crippen LogP contribution in [0.2, 0.25) is 0 Å². The summed E-state index contributed by atoms with van der Waals surface area (Å²) in [6, 6.07) is 8.30. The zero-order chi connectivity index (χ0) is 19.2. The van der Waals surface area contributed by atoms with Gasteiger partial charge in [-0.2, -0.15) is 13.2 Å². The molecule has 2 saturated heterocycles. The number of hydrogen-bond acceptors (Lipinski definition) is 6. The average Bonchev–Trinajstić information content (AvgIpc) is 3.23. The molecule has 0 N–H and O–H groups in total. The molecule has 2 aliphatic heterocycles. The SMILES string of the molecule is O=C1[C@@H]2[C@@H](CCCN2c2nnc(C(F)(F)F)s2)C(=O)N1Cc1ccccc1. The number of aromatic nitrogens is 2. The molecule has 0 unspecified atom stereocenters. The number of halogens is 3. The van der Waals surface area contributed by atoms with Crippen molar-refractivity contribution in [3.05, 3.63) is 40.9 Å². The third kappa shape index (κ3) is 3.18. The lowest BCUT2D eigenvalue weighted by atomic mass is 9.91. The quantitative estimate of drug-likeness (QED) is 0.747. The zero-order valence-corrected chi connectivity index (χ0v) is 14.8. The maximum Gasteiger partial charge on any atom is 0.445 e. The Bertz CT molecular complexity index is 871. The van der Waals surface area contributed by atoms with Crippen LogP contribution in [0.3, 0.4) is 0 Å². The number of hydrogen-bond donors (Lipinski definition) is 0. The predicted octanol–water partition coefficient (Wildman–Crippen LogP) is 2.71. The van der Waals surface area contributed by atoms with Crippen LogP contribution in [0.25, 0.3) is 0 Å². The van der Waals surface area contributed by atoms with Crippen LogP contribution in [-0.4, -0.2) is 39.5 Å². The van der Waals surface area contributed by atoms with Crippen molar-refractivity contribution in [2.45, 2.75) is 31.6 Å². The van der Waals surface area contributed by atoms with Gasteiger partial charge < -0.3 is 4.90 Å². The first kappa shape index (κ1) is 17.9. The molecule has 2 fully saturated rings. The Morgan fingerprint density at radius 2 is 1.85 bits per heavy atom. The van der Waals surface area contributed by atoms with Gasteiger partial charge in [0.15, 0.2) is 0 Å². The van der Waals surface area contributed by atoms with E-state index in [9.17, 15) is 22.8 Å². The molecular weight excluding hydrogens is 381 g/mol. The first-order valence-electron chi connectivity index (χ1n) is 8.43. The van der Waals surface area contributed by atoms with Crippen LogP contribution in [0.1, 0.15) is 23.4 Å². The number of rotatable bonds is 3. The lowest BCUT2D eigenvalue weighted by Gasteiger charge is -2.33. The van der Waals surface area contributed by atoms with Crippen LogP contribution in [0, 0.1) is 5.92 Å². The Morgan fingerprint density at radius 1 is 1.11 bits per heavy atom. The Kier molecular flexibility index (Phi) is 4.37. The number of likely N-dealkylation sites (tertiary alicyclic amines) is 1. The van der Waals surface area contributed by atoms with Crippen molar-refractivity contribution >= 4 is 28.3 Å². The monoisotopic (exact) mass is 396 g/mol. The summed E-state index contributed by atoms with van der Waals surface area (Å²) in [5, 5.41) is 5.80. The molecular formula is C17H15F3N4O2S. The molecule has 2 amide bonds. The van der Waals surface area contributed by atoms with Gasteiger partial charge in [0.2, 0.25) is 16.0 Å². The topological polar surface area (TPSA) is 66.4 Å². The van der Waals surface area contributed by atoms with Crippen molar-refractivity contribution < 1.29 is 22.8 Å². The number of alkyl halides is 3. The summed E-state index contributed by atoms with van der Waals surface area (Å²) < 4.78 is 38.5. The summed E-state index contributed by atoms with van der Waals surface area (Å²) in [6.45, 7) is 0.523. The summed E-state index contributed by atoms with van der Waals surface area (Å²) in [5.74, 6) is -1.23. The maximum atomic E-state index is 12.9. The van der Waals surface area contributed by atoms with Crippen molar-refractivity contribution in [1.29, 1.82) is 0 Å².